The molecule has 0 bridgehead atoms. The van der Waals surface area contributed by atoms with Crippen molar-refractivity contribution in [2.24, 2.45) is 0 Å². The van der Waals surface area contributed by atoms with Gasteiger partial charge in [-0.1, -0.05) is 5.16 Å². The van der Waals surface area contributed by atoms with Crippen LogP contribution in [0.15, 0.2) is 29.0 Å². The second kappa shape index (κ2) is 5.19. The minimum Gasteiger partial charge on any atom is -0.381 e. The summed E-state index contributed by atoms with van der Waals surface area (Å²) in [5.74, 6) is 0.964. The van der Waals surface area contributed by atoms with E-state index in [1.54, 1.807) is 13.3 Å². The summed E-state index contributed by atoms with van der Waals surface area (Å²) in [5, 5.41) is 5.09. The van der Waals surface area contributed by atoms with Gasteiger partial charge in [0.15, 0.2) is 0 Å². The molecule has 3 aromatic heterocycles. The lowest BCUT2D eigenvalue weighted by Gasteiger charge is -2.32. The zero-order valence-electron chi connectivity index (χ0n) is 12.2. The predicted molar refractivity (Wildman–Crippen MR) is 78.1 cm³/mol. The summed E-state index contributed by atoms with van der Waals surface area (Å²) in [6.07, 6.45) is 5.01. The normalized spacial score (nSPS) is 17.9. The van der Waals surface area contributed by atoms with Gasteiger partial charge in [0, 0.05) is 56.5 Å². The molecule has 0 amide bonds. The predicted octanol–water partition coefficient (Wildman–Crippen LogP) is 2.27. The third-order valence-corrected chi connectivity index (χ3v) is 4.21. The quantitative estimate of drug-likeness (QED) is 0.798. The molecule has 1 aliphatic heterocycles. The fourth-order valence-electron chi connectivity index (χ4n) is 2.88. The molecule has 0 aliphatic carbocycles. The molecule has 0 unspecified atom stereocenters. The molecular weight excluding hydrogens is 284 g/mol. The summed E-state index contributed by atoms with van der Waals surface area (Å²) < 4.78 is 16.5. The van der Waals surface area contributed by atoms with Crippen LogP contribution in [0.3, 0.4) is 0 Å². The molecule has 0 saturated carbocycles. The fraction of sp³-hybridized carbons (Fsp3) is 0.400. The number of nitrogens with one attached hydrogen (secondary N) is 1. The van der Waals surface area contributed by atoms with E-state index in [1.165, 1.54) is 0 Å². The van der Waals surface area contributed by atoms with E-state index in [-0.39, 0.29) is 0 Å². The third kappa shape index (κ3) is 2.01. The highest BCUT2D eigenvalue weighted by atomic mass is 16.5. The van der Waals surface area contributed by atoms with E-state index in [2.05, 4.69) is 20.1 Å². The number of aromatic amines is 1. The monoisotopic (exact) mass is 300 g/mol. The van der Waals surface area contributed by atoms with Crippen molar-refractivity contribution in [2.75, 3.05) is 20.3 Å². The Morgan fingerprint density at radius 1 is 1.27 bits per heavy atom. The SMILES string of the molecule is COC1(c2noc(-c3nccc4[nH]ccc34)n2)CCOCC1. The topological polar surface area (TPSA) is 86.1 Å². The number of hydrogen-bond donors (Lipinski definition) is 1. The van der Waals surface area contributed by atoms with Crippen LogP contribution in [0.4, 0.5) is 0 Å². The molecule has 0 aromatic carbocycles. The van der Waals surface area contributed by atoms with Crippen LogP contribution in [0.2, 0.25) is 0 Å². The van der Waals surface area contributed by atoms with Crippen LogP contribution in [-0.4, -0.2) is 40.4 Å². The first-order valence-electron chi connectivity index (χ1n) is 7.22. The lowest BCUT2D eigenvalue weighted by molar-refractivity contribution is -0.101. The Balaban J connectivity index is 1.76. The Morgan fingerprint density at radius 2 is 2.14 bits per heavy atom. The van der Waals surface area contributed by atoms with Crippen molar-refractivity contribution < 1.29 is 14.0 Å². The van der Waals surface area contributed by atoms with E-state index in [1.807, 2.05) is 18.3 Å². The van der Waals surface area contributed by atoms with Gasteiger partial charge in [0.1, 0.15) is 11.3 Å². The Labute approximate surface area is 126 Å². The smallest absolute Gasteiger partial charge is 0.277 e. The van der Waals surface area contributed by atoms with Crippen LogP contribution in [0.25, 0.3) is 22.5 Å². The number of aromatic nitrogens is 4. The number of H-pyrrole nitrogens is 1. The molecule has 4 rings (SSSR count). The molecule has 4 heterocycles. The second-order valence-electron chi connectivity index (χ2n) is 5.33. The summed E-state index contributed by atoms with van der Waals surface area (Å²) in [6.45, 7) is 1.26. The molecule has 114 valence electrons. The standard InChI is InChI=1S/C15H16N4O3/c1-20-15(4-8-21-9-5-15)14-18-13(22-19-14)12-10-2-6-16-11(10)3-7-17-12/h2-3,6-7,16H,4-5,8-9H2,1H3. The lowest BCUT2D eigenvalue weighted by Crippen LogP contribution is -2.36. The van der Waals surface area contributed by atoms with Gasteiger partial charge in [-0.25, -0.2) is 0 Å². The van der Waals surface area contributed by atoms with Gasteiger partial charge in [0.25, 0.3) is 5.89 Å². The Hall–Kier alpha value is -2.25. The molecule has 22 heavy (non-hydrogen) atoms. The van der Waals surface area contributed by atoms with Gasteiger partial charge in [-0.05, 0) is 12.1 Å². The van der Waals surface area contributed by atoms with Crippen LogP contribution in [-0.2, 0) is 15.1 Å². The van der Waals surface area contributed by atoms with Crippen LogP contribution in [0.5, 0.6) is 0 Å². The minimum absolute atomic E-state index is 0.406. The van der Waals surface area contributed by atoms with Gasteiger partial charge in [0.05, 0.1) is 0 Å². The lowest BCUT2D eigenvalue weighted by atomic mass is 9.93. The fourth-order valence-corrected chi connectivity index (χ4v) is 2.88. The molecule has 1 N–H and O–H groups in total. The number of nitrogens with zero attached hydrogens (tertiary/aromatic N) is 3. The second-order valence-corrected chi connectivity index (χ2v) is 5.33. The van der Waals surface area contributed by atoms with Gasteiger partial charge < -0.3 is 19.0 Å². The van der Waals surface area contributed by atoms with Crippen LogP contribution in [0, 0.1) is 0 Å². The summed E-state index contributed by atoms with van der Waals surface area (Å²) in [7, 11) is 1.67. The zero-order valence-corrected chi connectivity index (χ0v) is 12.2. The van der Waals surface area contributed by atoms with Crippen molar-refractivity contribution in [3.05, 3.63) is 30.4 Å². The summed E-state index contributed by atoms with van der Waals surface area (Å²) >= 11 is 0. The van der Waals surface area contributed by atoms with Crippen LogP contribution < -0.4 is 0 Å². The van der Waals surface area contributed by atoms with Crippen molar-refractivity contribution in [1.82, 2.24) is 20.1 Å². The minimum atomic E-state index is -0.536. The number of hydrogen-bond acceptors (Lipinski definition) is 6. The van der Waals surface area contributed by atoms with E-state index in [0.29, 0.717) is 43.5 Å². The molecule has 0 spiro atoms. The molecule has 0 radical (unpaired) electrons. The molecule has 7 heteroatoms. The maximum atomic E-state index is 5.69. The van der Waals surface area contributed by atoms with Gasteiger partial charge in [-0.15, -0.1) is 0 Å². The van der Waals surface area contributed by atoms with Gasteiger partial charge in [-0.3, -0.25) is 4.98 Å². The van der Waals surface area contributed by atoms with E-state index in [0.717, 1.165) is 10.9 Å². The van der Waals surface area contributed by atoms with E-state index < -0.39 is 5.60 Å². The average molecular weight is 300 g/mol. The maximum absolute atomic E-state index is 5.69. The Kier molecular flexibility index (Phi) is 3.16. The number of methoxy groups -OCH3 is 1. The zero-order chi connectivity index (χ0) is 15.0. The largest absolute Gasteiger partial charge is 0.381 e. The third-order valence-electron chi connectivity index (χ3n) is 4.21. The molecule has 0 atom stereocenters. The first kappa shape index (κ1) is 13.4. The van der Waals surface area contributed by atoms with Gasteiger partial charge in [0.2, 0.25) is 5.82 Å². The molecule has 1 fully saturated rings. The van der Waals surface area contributed by atoms with Crippen molar-refractivity contribution >= 4 is 10.9 Å². The number of ether oxygens (including phenoxy) is 2. The van der Waals surface area contributed by atoms with Gasteiger partial charge in [-0.2, -0.15) is 4.98 Å². The summed E-state index contributed by atoms with van der Waals surface area (Å²) in [6, 6.07) is 3.85. The molecule has 7 nitrogen and oxygen atoms in total. The highest BCUT2D eigenvalue weighted by Gasteiger charge is 2.39. The summed E-state index contributed by atoms with van der Waals surface area (Å²) in [5.41, 5.74) is 1.12. The van der Waals surface area contributed by atoms with Crippen molar-refractivity contribution in [3.63, 3.8) is 0 Å². The first-order valence-corrected chi connectivity index (χ1v) is 7.22. The number of pyridine rings is 1. The summed E-state index contributed by atoms with van der Waals surface area (Å²) in [4.78, 5) is 12.1. The Bertz CT molecular complexity index is 789. The number of fused-ring (bicyclic) bond motifs is 1. The van der Waals surface area contributed by atoms with Crippen molar-refractivity contribution in [2.45, 2.75) is 18.4 Å². The number of rotatable bonds is 3. The highest BCUT2D eigenvalue weighted by molar-refractivity contribution is 5.90. The van der Waals surface area contributed by atoms with E-state index >= 15 is 0 Å². The highest BCUT2D eigenvalue weighted by Crippen LogP contribution is 2.35. The molecule has 1 aliphatic rings. The molecular formula is C15H16N4O3. The Morgan fingerprint density at radius 3 is 2.95 bits per heavy atom. The van der Waals surface area contributed by atoms with Crippen LogP contribution >= 0.6 is 0 Å². The average Bonchev–Trinajstić information content (AvgIpc) is 3.24. The molecule has 1 saturated heterocycles. The van der Waals surface area contributed by atoms with Crippen molar-refractivity contribution in [1.29, 1.82) is 0 Å². The molecule has 3 aromatic rings. The van der Waals surface area contributed by atoms with Crippen molar-refractivity contribution in [3.8, 4) is 11.6 Å². The van der Waals surface area contributed by atoms with Gasteiger partial charge >= 0.3 is 0 Å². The first-order chi connectivity index (χ1) is 10.8. The van der Waals surface area contributed by atoms with Crippen LogP contribution in [0.1, 0.15) is 18.7 Å². The van der Waals surface area contributed by atoms with E-state index in [9.17, 15) is 0 Å². The maximum Gasteiger partial charge on any atom is 0.277 e. The van der Waals surface area contributed by atoms with E-state index in [4.69, 9.17) is 14.0 Å².